The number of hydrogen-bond acceptors (Lipinski definition) is 2. The molecule has 3 unspecified atom stereocenters. The molecule has 0 aromatic heterocycles. The maximum absolute atomic E-state index is 13.0. The first kappa shape index (κ1) is 20.1. The van der Waals surface area contributed by atoms with Crippen molar-refractivity contribution in [1.29, 1.82) is 0 Å². The number of benzene rings is 1. The molecule has 2 bridgehead atoms. The maximum Gasteiger partial charge on any atom is 0.223 e. The first-order chi connectivity index (χ1) is 12.7. The summed E-state index contributed by atoms with van der Waals surface area (Å²) in [6.07, 6.45) is 4.58. The van der Waals surface area contributed by atoms with Gasteiger partial charge < -0.3 is 5.32 Å². The highest BCUT2D eigenvalue weighted by molar-refractivity contribution is 5.88. The zero-order chi connectivity index (χ0) is 19.8. The molecule has 1 aromatic rings. The van der Waals surface area contributed by atoms with Gasteiger partial charge in [-0.3, -0.25) is 9.59 Å². The van der Waals surface area contributed by atoms with Gasteiger partial charge in [0, 0.05) is 17.8 Å². The summed E-state index contributed by atoms with van der Waals surface area (Å²) in [5.41, 5.74) is 2.60. The van der Waals surface area contributed by atoms with Crippen LogP contribution >= 0.6 is 0 Å². The van der Waals surface area contributed by atoms with Crippen molar-refractivity contribution in [3.05, 3.63) is 35.4 Å². The Morgan fingerprint density at radius 3 is 2.07 bits per heavy atom. The highest BCUT2D eigenvalue weighted by Crippen LogP contribution is 2.40. The fourth-order valence-corrected chi connectivity index (χ4v) is 4.79. The number of amides is 1. The maximum atomic E-state index is 13.0. The topological polar surface area (TPSA) is 46.2 Å². The summed E-state index contributed by atoms with van der Waals surface area (Å²) in [5, 5.41) is 3.31. The Kier molecular flexibility index (Phi) is 5.79. The minimum atomic E-state index is -0.00639. The van der Waals surface area contributed by atoms with Crippen molar-refractivity contribution in [3.63, 3.8) is 0 Å². The van der Waals surface area contributed by atoms with Gasteiger partial charge in [0.1, 0.15) is 5.78 Å². The second-order valence-corrected chi connectivity index (χ2v) is 10.00. The van der Waals surface area contributed by atoms with Crippen LogP contribution in [0.25, 0.3) is 0 Å². The minimum Gasteiger partial charge on any atom is -0.349 e. The first-order valence-electron chi connectivity index (χ1n) is 10.6. The monoisotopic (exact) mass is 369 g/mol. The number of carbonyl (C=O) groups excluding carboxylic acids is 2. The molecule has 27 heavy (non-hydrogen) atoms. The van der Waals surface area contributed by atoms with E-state index in [2.05, 4.69) is 64.2 Å². The molecule has 2 aliphatic rings. The lowest BCUT2D eigenvalue weighted by Crippen LogP contribution is -2.44. The van der Waals surface area contributed by atoms with E-state index in [9.17, 15) is 9.59 Å². The minimum absolute atomic E-state index is 0.00639. The molecule has 148 valence electrons. The molecule has 1 aromatic carbocycles. The molecular formula is C24H35NO2. The van der Waals surface area contributed by atoms with Gasteiger partial charge in [0.15, 0.2) is 0 Å². The highest BCUT2D eigenvalue weighted by Gasteiger charge is 2.41. The molecule has 2 fully saturated rings. The summed E-state index contributed by atoms with van der Waals surface area (Å²) in [6, 6.07) is 8.69. The van der Waals surface area contributed by atoms with Gasteiger partial charge in [-0.15, -0.1) is 0 Å². The molecule has 0 heterocycles. The molecule has 3 nitrogen and oxygen atoms in total. The summed E-state index contributed by atoms with van der Waals surface area (Å²) in [7, 11) is 0. The van der Waals surface area contributed by atoms with E-state index in [0.717, 1.165) is 32.1 Å². The summed E-state index contributed by atoms with van der Waals surface area (Å²) < 4.78 is 0. The molecule has 3 rings (SSSR count). The Balaban J connectivity index is 1.71. The van der Waals surface area contributed by atoms with Crippen molar-refractivity contribution in [2.24, 2.45) is 23.7 Å². The van der Waals surface area contributed by atoms with Gasteiger partial charge in [0.2, 0.25) is 5.91 Å². The lowest BCUT2D eigenvalue weighted by molar-refractivity contribution is -0.138. The largest absolute Gasteiger partial charge is 0.349 e. The van der Waals surface area contributed by atoms with E-state index in [1.165, 1.54) is 11.1 Å². The highest BCUT2D eigenvalue weighted by atomic mass is 16.2. The van der Waals surface area contributed by atoms with Gasteiger partial charge in [0.25, 0.3) is 0 Å². The molecule has 1 amide bonds. The van der Waals surface area contributed by atoms with Crippen LogP contribution in [0.3, 0.4) is 0 Å². The fraction of sp³-hybridized carbons (Fsp3) is 0.667. The van der Waals surface area contributed by atoms with Crippen molar-refractivity contribution >= 4 is 11.7 Å². The van der Waals surface area contributed by atoms with Crippen molar-refractivity contribution in [2.75, 3.05) is 0 Å². The van der Waals surface area contributed by atoms with E-state index in [4.69, 9.17) is 0 Å². The smallest absolute Gasteiger partial charge is 0.223 e. The molecule has 0 aliphatic heterocycles. The third-order valence-electron chi connectivity index (χ3n) is 6.52. The second-order valence-electron chi connectivity index (χ2n) is 10.00. The Labute approximate surface area is 164 Å². The summed E-state index contributed by atoms with van der Waals surface area (Å²) >= 11 is 0. The Bertz CT molecular complexity index is 667. The average Bonchev–Trinajstić information content (AvgIpc) is 2.58. The molecule has 2 aliphatic carbocycles. The summed E-state index contributed by atoms with van der Waals surface area (Å²) in [6.45, 7) is 10.9. The predicted molar refractivity (Wildman–Crippen MR) is 109 cm³/mol. The normalized spacial score (nSPS) is 26.7. The van der Waals surface area contributed by atoms with Crippen LogP contribution in [0, 0.1) is 23.7 Å². The van der Waals surface area contributed by atoms with Crippen LogP contribution in [-0.2, 0) is 15.0 Å². The summed E-state index contributed by atoms with van der Waals surface area (Å²) in [5.74, 6) is 1.11. The molecule has 3 heteroatoms. The lowest BCUT2D eigenvalue weighted by Gasteiger charge is -2.37. The second kappa shape index (κ2) is 7.77. The number of carbonyl (C=O) groups is 2. The molecular weight excluding hydrogens is 334 g/mol. The number of Topliss-reactive ketones (excluding diaryl/α,β-unsaturated/α-hetero) is 1. The lowest BCUT2D eigenvalue weighted by atomic mass is 9.67. The molecule has 2 saturated carbocycles. The zero-order valence-corrected chi connectivity index (χ0v) is 17.5. The van der Waals surface area contributed by atoms with Crippen molar-refractivity contribution in [3.8, 4) is 0 Å². The average molecular weight is 370 g/mol. The Morgan fingerprint density at radius 2 is 1.59 bits per heavy atom. The van der Waals surface area contributed by atoms with Gasteiger partial charge in [0.05, 0.1) is 6.04 Å². The number of ketones is 1. The molecule has 0 saturated heterocycles. The van der Waals surface area contributed by atoms with Crippen molar-refractivity contribution in [2.45, 2.75) is 78.2 Å². The van der Waals surface area contributed by atoms with Crippen LogP contribution in [-0.4, -0.2) is 11.7 Å². The Hall–Kier alpha value is -1.64. The quantitative estimate of drug-likeness (QED) is 0.793. The van der Waals surface area contributed by atoms with Crippen LogP contribution in [0.15, 0.2) is 24.3 Å². The molecule has 3 atom stereocenters. The van der Waals surface area contributed by atoms with Gasteiger partial charge in [-0.25, -0.2) is 0 Å². The molecule has 1 N–H and O–H groups in total. The van der Waals surface area contributed by atoms with Crippen LogP contribution in [0.5, 0.6) is 0 Å². The third kappa shape index (κ3) is 4.44. The van der Waals surface area contributed by atoms with Gasteiger partial charge in [-0.1, -0.05) is 65.3 Å². The number of fused-ring (bicyclic) bond motifs is 2. The van der Waals surface area contributed by atoms with Crippen LogP contribution < -0.4 is 5.32 Å². The SMILES string of the molecule is CC(C)C(NC(=O)C1CC2CCCC(C1)C2=O)c1ccc(C(C)(C)C)cc1. The number of nitrogens with one attached hydrogen (secondary N) is 1. The van der Waals surface area contributed by atoms with Crippen LogP contribution in [0.4, 0.5) is 0 Å². The molecule has 0 radical (unpaired) electrons. The van der Waals surface area contributed by atoms with Crippen molar-refractivity contribution in [1.82, 2.24) is 5.32 Å². The van der Waals surface area contributed by atoms with E-state index >= 15 is 0 Å². The van der Waals surface area contributed by atoms with E-state index in [0.29, 0.717) is 11.7 Å². The first-order valence-corrected chi connectivity index (χ1v) is 10.6. The molecule has 0 spiro atoms. The number of rotatable bonds is 4. The van der Waals surface area contributed by atoms with E-state index < -0.39 is 0 Å². The fourth-order valence-electron chi connectivity index (χ4n) is 4.79. The van der Waals surface area contributed by atoms with Crippen LogP contribution in [0.1, 0.15) is 83.9 Å². The van der Waals surface area contributed by atoms with Crippen LogP contribution in [0.2, 0.25) is 0 Å². The van der Waals surface area contributed by atoms with E-state index in [-0.39, 0.29) is 35.1 Å². The predicted octanol–water partition coefficient (Wildman–Crippen LogP) is 5.19. The van der Waals surface area contributed by atoms with Gasteiger partial charge >= 0.3 is 0 Å². The number of hydrogen-bond donors (Lipinski definition) is 1. The van der Waals surface area contributed by atoms with E-state index in [1.54, 1.807) is 0 Å². The standard InChI is InChI=1S/C24H35NO2/c1-15(2)21(16-9-11-20(12-10-16)24(3,4)5)25-23(27)19-13-17-7-6-8-18(14-19)22(17)26/h9-12,15,17-19,21H,6-8,13-14H2,1-5H3,(H,25,27). The summed E-state index contributed by atoms with van der Waals surface area (Å²) in [4.78, 5) is 25.3. The zero-order valence-electron chi connectivity index (χ0n) is 17.5. The Morgan fingerprint density at radius 1 is 1.04 bits per heavy atom. The van der Waals surface area contributed by atoms with Crippen molar-refractivity contribution < 1.29 is 9.59 Å². The van der Waals surface area contributed by atoms with E-state index in [1.807, 2.05) is 0 Å². The third-order valence-corrected chi connectivity index (χ3v) is 6.52. The van der Waals surface area contributed by atoms with Gasteiger partial charge in [-0.05, 0) is 48.1 Å². The van der Waals surface area contributed by atoms with Gasteiger partial charge in [-0.2, -0.15) is 0 Å².